The third-order valence-electron chi connectivity index (χ3n) is 4.07. The lowest BCUT2D eigenvalue weighted by Gasteiger charge is -2.33. The van der Waals surface area contributed by atoms with E-state index in [9.17, 15) is 9.59 Å². The smallest absolute Gasteiger partial charge is 0.248 e. The van der Waals surface area contributed by atoms with Crippen molar-refractivity contribution in [3.05, 3.63) is 0 Å². The number of hydrogen-bond acceptors (Lipinski definition) is 2. The van der Waals surface area contributed by atoms with Gasteiger partial charge < -0.3 is 10.2 Å². The molecule has 17 heavy (non-hydrogen) atoms. The van der Waals surface area contributed by atoms with E-state index in [2.05, 4.69) is 5.32 Å². The largest absolute Gasteiger partial charge is 0.342 e. The number of amides is 2. The lowest BCUT2D eigenvalue weighted by atomic mass is 9.91. The molecule has 0 atom stereocenters. The van der Waals surface area contributed by atoms with Crippen LogP contribution >= 0.6 is 0 Å². The van der Waals surface area contributed by atoms with Crippen LogP contribution in [0.1, 0.15) is 46.0 Å². The first-order valence-corrected chi connectivity index (χ1v) is 6.71. The molecule has 2 rings (SSSR count). The molecule has 96 valence electrons. The van der Waals surface area contributed by atoms with E-state index in [1.165, 1.54) is 12.8 Å². The third-order valence-corrected chi connectivity index (χ3v) is 4.07. The van der Waals surface area contributed by atoms with Crippen molar-refractivity contribution in [3.63, 3.8) is 0 Å². The van der Waals surface area contributed by atoms with Gasteiger partial charge in [-0.15, -0.1) is 0 Å². The van der Waals surface area contributed by atoms with E-state index in [0.717, 1.165) is 6.54 Å². The second kappa shape index (κ2) is 4.67. The zero-order chi connectivity index (χ0) is 12.5. The maximum atomic E-state index is 12.5. The van der Waals surface area contributed by atoms with Crippen LogP contribution < -0.4 is 5.32 Å². The number of carbonyl (C=O) groups excluding carboxylic acids is 2. The second-order valence-electron chi connectivity index (χ2n) is 5.28. The van der Waals surface area contributed by atoms with E-state index in [1.807, 2.05) is 18.7 Å². The predicted molar refractivity (Wildman–Crippen MR) is 65.4 cm³/mol. The van der Waals surface area contributed by atoms with Crippen LogP contribution in [-0.4, -0.2) is 35.3 Å². The molecule has 0 unspecified atom stereocenters. The van der Waals surface area contributed by atoms with Gasteiger partial charge in [0.05, 0.1) is 0 Å². The van der Waals surface area contributed by atoms with E-state index in [-0.39, 0.29) is 11.8 Å². The standard InChI is InChI=1S/C13H22N2O2/c1-3-13(4-2)12(17)15(9-10-5-6-10)8-7-11(16)14-13/h10H,3-9H2,1-2H3,(H,14,16). The summed E-state index contributed by atoms with van der Waals surface area (Å²) >= 11 is 0. The van der Waals surface area contributed by atoms with Gasteiger partial charge in [-0.3, -0.25) is 9.59 Å². The Morgan fingerprint density at radius 1 is 1.29 bits per heavy atom. The molecule has 1 aliphatic carbocycles. The van der Waals surface area contributed by atoms with Crippen molar-refractivity contribution in [1.82, 2.24) is 10.2 Å². The molecular formula is C13H22N2O2. The van der Waals surface area contributed by atoms with Crippen LogP contribution in [0.3, 0.4) is 0 Å². The number of hydrogen-bond donors (Lipinski definition) is 1. The Bertz CT molecular complexity index is 319. The van der Waals surface area contributed by atoms with Gasteiger partial charge in [-0.2, -0.15) is 0 Å². The summed E-state index contributed by atoms with van der Waals surface area (Å²) in [4.78, 5) is 26.2. The van der Waals surface area contributed by atoms with Gasteiger partial charge in [0.15, 0.2) is 0 Å². The van der Waals surface area contributed by atoms with Gasteiger partial charge in [0, 0.05) is 19.5 Å². The molecule has 1 aliphatic heterocycles. The van der Waals surface area contributed by atoms with Gasteiger partial charge in [-0.1, -0.05) is 13.8 Å². The SMILES string of the molecule is CCC1(CC)NC(=O)CCN(CC2CC2)C1=O. The fourth-order valence-corrected chi connectivity index (χ4v) is 2.54. The minimum atomic E-state index is -0.650. The van der Waals surface area contributed by atoms with Crippen molar-refractivity contribution in [3.8, 4) is 0 Å². The van der Waals surface area contributed by atoms with Crippen LogP contribution in [0.2, 0.25) is 0 Å². The third kappa shape index (κ3) is 2.45. The Hall–Kier alpha value is -1.06. The van der Waals surface area contributed by atoms with Crippen molar-refractivity contribution in [2.24, 2.45) is 5.92 Å². The van der Waals surface area contributed by atoms with E-state index < -0.39 is 5.54 Å². The molecule has 0 aromatic heterocycles. The topological polar surface area (TPSA) is 49.4 Å². The highest BCUT2D eigenvalue weighted by molar-refractivity contribution is 5.93. The van der Waals surface area contributed by atoms with Gasteiger partial charge in [0.1, 0.15) is 5.54 Å². The highest BCUT2D eigenvalue weighted by Gasteiger charge is 2.42. The maximum absolute atomic E-state index is 12.5. The molecule has 1 saturated carbocycles. The van der Waals surface area contributed by atoms with Crippen LogP contribution in [-0.2, 0) is 9.59 Å². The molecule has 0 radical (unpaired) electrons. The van der Waals surface area contributed by atoms with Crippen molar-refractivity contribution in [2.45, 2.75) is 51.5 Å². The van der Waals surface area contributed by atoms with Gasteiger partial charge in [0.2, 0.25) is 11.8 Å². The Labute approximate surface area is 103 Å². The molecule has 2 amide bonds. The highest BCUT2D eigenvalue weighted by atomic mass is 16.2. The lowest BCUT2D eigenvalue weighted by molar-refractivity contribution is -0.139. The first-order valence-electron chi connectivity index (χ1n) is 6.71. The molecule has 0 bridgehead atoms. The lowest BCUT2D eigenvalue weighted by Crippen LogP contribution is -2.56. The fourth-order valence-electron chi connectivity index (χ4n) is 2.54. The van der Waals surface area contributed by atoms with Crippen LogP contribution in [0.5, 0.6) is 0 Å². The van der Waals surface area contributed by atoms with Crippen molar-refractivity contribution in [1.29, 1.82) is 0 Å². The highest BCUT2D eigenvalue weighted by Crippen LogP contribution is 2.31. The summed E-state index contributed by atoms with van der Waals surface area (Å²) in [5.41, 5.74) is -0.650. The number of rotatable bonds is 4. The quantitative estimate of drug-likeness (QED) is 0.802. The summed E-state index contributed by atoms with van der Waals surface area (Å²) in [5.74, 6) is 0.819. The monoisotopic (exact) mass is 238 g/mol. The molecule has 0 aromatic carbocycles. The van der Waals surface area contributed by atoms with Crippen molar-refractivity contribution >= 4 is 11.8 Å². The van der Waals surface area contributed by atoms with Crippen LogP contribution in [0.25, 0.3) is 0 Å². The van der Waals surface area contributed by atoms with E-state index in [0.29, 0.717) is 31.7 Å². The Morgan fingerprint density at radius 3 is 2.47 bits per heavy atom. The Balaban J connectivity index is 2.17. The molecule has 0 spiro atoms. The molecule has 1 saturated heterocycles. The van der Waals surface area contributed by atoms with Crippen molar-refractivity contribution in [2.75, 3.05) is 13.1 Å². The molecule has 0 aromatic rings. The van der Waals surface area contributed by atoms with Gasteiger partial charge in [-0.25, -0.2) is 0 Å². The zero-order valence-electron chi connectivity index (χ0n) is 10.8. The Kier molecular flexibility index (Phi) is 3.40. The van der Waals surface area contributed by atoms with E-state index >= 15 is 0 Å². The number of carbonyl (C=O) groups is 2. The average molecular weight is 238 g/mol. The van der Waals surface area contributed by atoms with Gasteiger partial charge in [0.25, 0.3) is 0 Å². The predicted octanol–water partition coefficient (Wildman–Crippen LogP) is 1.30. The maximum Gasteiger partial charge on any atom is 0.248 e. The summed E-state index contributed by atoms with van der Waals surface area (Å²) in [5, 5.41) is 2.93. The first kappa shape index (κ1) is 12.4. The minimum absolute atomic E-state index is 0.0142. The van der Waals surface area contributed by atoms with Gasteiger partial charge in [-0.05, 0) is 31.6 Å². The molecule has 1 heterocycles. The molecular weight excluding hydrogens is 216 g/mol. The van der Waals surface area contributed by atoms with Gasteiger partial charge >= 0.3 is 0 Å². The number of nitrogens with one attached hydrogen (secondary N) is 1. The van der Waals surface area contributed by atoms with Crippen LogP contribution in [0.15, 0.2) is 0 Å². The zero-order valence-corrected chi connectivity index (χ0v) is 10.8. The van der Waals surface area contributed by atoms with Crippen LogP contribution in [0.4, 0.5) is 0 Å². The normalized spacial score (nSPS) is 24.5. The average Bonchev–Trinajstić information content (AvgIpc) is 3.14. The summed E-state index contributed by atoms with van der Waals surface area (Å²) in [6.07, 6.45) is 4.26. The van der Waals surface area contributed by atoms with E-state index in [4.69, 9.17) is 0 Å². The van der Waals surface area contributed by atoms with Crippen LogP contribution in [0, 0.1) is 5.92 Å². The summed E-state index contributed by atoms with van der Waals surface area (Å²) in [6.45, 7) is 5.38. The number of nitrogens with zero attached hydrogens (tertiary/aromatic N) is 1. The fraction of sp³-hybridized carbons (Fsp3) is 0.846. The first-order chi connectivity index (χ1) is 8.11. The molecule has 4 nitrogen and oxygen atoms in total. The molecule has 4 heteroatoms. The Morgan fingerprint density at radius 2 is 1.94 bits per heavy atom. The second-order valence-corrected chi connectivity index (χ2v) is 5.28. The summed E-state index contributed by atoms with van der Waals surface area (Å²) in [6, 6.07) is 0. The summed E-state index contributed by atoms with van der Waals surface area (Å²) in [7, 11) is 0. The summed E-state index contributed by atoms with van der Waals surface area (Å²) < 4.78 is 0. The molecule has 2 fully saturated rings. The molecule has 1 N–H and O–H groups in total. The molecule has 2 aliphatic rings. The van der Waals surface area contributed by atoms with E-state index in [1.54, 1.807) is 0 Å². The van der Waals surface area contributed by atoms with Crippen molar-refractivity contribution < 1.29 is 9.59 Å². The minimum Gasteiger partial charge on any atom is -0.342 e.